The van der Waals surface area contributed by atoms with Gasteiger partial charge >= 0.3 is 0 Å². The zero-order chi connectivity index (χ0) is 18.5. The Balaban J connectivity index is 2.64. The molecule has 25 heavy (non-hydrogen) atoms. The van der Waals surface area contributed by atoms with E-state index in [1.165, 1.54) is 0 Å². The molecule has 0 aliphatic heterocycles. The van der Waals surface area contributed by atoms with Crippen LogP contribution in [0.1, 0.15) is 46.1 Å². The lowest BCUT2D eigenvalue weighted by Crippen LogP contribution is -2.40. The summed E-state index contributed by atoms with van der Waals surface area (Å²) in [5.74, 6) is 2.49. The third kappa shape index (κ3) is 9.29. The lowest BCUT2D eigenvalue weighted by atomic mass is 9.94. The van der Waals surface area contributed by atoms with E-state index in [0.29, 0.717) is 30.9 Å². The molecule has 1 aromatic heterocycles. The summed E-state index contributed by atoms with van der Waals surface area (Å²) >= 11 is 0. The summed E-state index contributed by atoms with van der Waals surface area (Å²) in [5.41, 5.74) is 1.06. The van der Waals surface area contributed by atoms with E-state index in [1.807, 2.05) is 19.1 Å². The van der Waals surface area contributed by atoms with Gasteiger partial charge in [-0.3, -0.25) is 0 Å². The topological polar surface area (TPSA) is 78.8 Å². The molecular weight excluding hydrogens is 316 g/mol. The molecule has 0 spiro atoms. The first-order valence-electron chi connectivity index (χ1n) is 9.29. The molecule has 0 radical (unpaired) electrons. The molecule has 0 saturated heterocycles. The fourth-order valence-electron chi connectivity index (χ4n) is 2.68. The number of ether oxygens (including phenoxy) is 1. The van der Waals surface area contributed by atoms with Crippen LogP contribution in [-0.4, -0.2) is 42.4 Å². The molecule has 0 aromatic carbocycles. The Morgan fingerprint density at radius 3 is 2.76 bits per heavy atom. The van der Waals surface area contributed by atoms with E-state index in [0.717, 1.165) is 37.5 Å². The Kier molecular flexibility index (Phi) is 10.6. The van der Waals surface area contributed by atoms with Crippen molar-refractivity contribution in [2.24, 2.45) is 16.8 Å². The van der Waals surface area contributed by atoms with Crippen molar-refractivity contribution < 1.29 is 9.84 Å². The van der Waals surface area contributed by atoms with Gasteiger partial charge in [0.25, 0.3) is 0 Å². The van der Waals surface area contributed by atoms with Gasteiger partial charge in [0.15, 0.2) is 5.96 Å². The summed E-state index contributed by atoms with van der Waals surface area (Å²) in [5, 5.41) is 15.9. The van der Waals surface area contributed by atoms with Crippen molar-refractivity contribution in [2.45, 2.75) is 47.1 Å². The van der Waals surface area contributed by atoms with Crippen LogP contribution in [0.2, 0.25) is 0 Å². The molecule has 142 valence electrons. The Hall–Kier alpha value is -1.82. The van der Waals surface area contributed by atoms with E-state index in [1.54, 1.807) is 6.20 Å². The second-order valence-corrected chi connectivity index (χ2v) is 6.52. The number of aliphatic hydroxyl groups is 1. The minimum Gasteiger partial charge on any atom is -0.478 e. The van der Waals surface area contributed by atoms with Gasteiger partial charge in [-0.05, 0) is 50.2 Å². The second kappa shape index (κ2) is 12.5. The second-order valence-electron chi connectivity index (χ2n) is 6.52. The minimum atomic E-state index is 0.226. The van der Waals surface area contributed by atoms with Gasteiger partial charge in [-0.1, -0.05) is 13.8 Å². The quantitative estimate of drug-likeness (QED) is 0.422. The summed E-state index contributed by atoms with van der Waals surface area (Å²) in [6.07, 6.45) is 3.65. The van der Waals surface area contributed by atoms with Gasteiger partial charge in [0.2, 0.25) is 5.88 Å². The molecular formula is C19H34N4O2. The molecule has 1 rings (SSSR count). The molecule has 0 amide bonds. The molecule has 3 N–H and O–H groups in total. The van der Waals surface area contributed by atoms with Gasteiger partial charge in [0, 0.05) is 32.0 Å². The van der Waals surface area contributed by atoms with Crippen LogP contribution in [0.3, 0.4) is 0 Å². The zero-order valence-electron chi connectivity index (χ0n) is 16.1. The lowest BCUT2D eigenvalue weighted by Gasteiger charge is -2.20. The maximum absolute atomic E-state index is 9.25. The van der Waals surface area contributed by atoms with E-state index in [4.69, 9.17) is 4.74 Å². The van der Waals surface area contributed by atoms with Crippen molar-refractivity contribution in [1.82, 2.24) is 15.6 Å². The van der Waals surface area contributed by atoms with Crippen LogP contribution < -0.4 is 15.4 Å². The van der Waals surface area contributed by atoms with E-state index in [-0.39, 0.29) is 6.61 Å². The van der Waals surface area contributed by atoms with Gasteiger partial charge in [-0.25, -0.2) is 9.98 Å². The highest BCUT2D eigenvalue weighted by Gasteiger charge is 2.11. The number of pyridine rings is 1. The monoisotopic (exact) mass is 350 g/mol. The third-order valence-electron chi connectivity index (χ3n) is 3.76. The normalized spacial score (nSPS) is 13.0. The Bertz CT molecular complexity index is 506. The van der Waals surface area contributed by atoms with Gasteiger partial charge in [0.1, 0.15) is 0 Å². The van der Waals surface area contributed by atoms with Crippen LogP contribution in [0.25, 0.3) is 0 Å². The van der Waals surface area contributed by atoms with Gasteiger partial charge in [0.05, 0.1) is 13.2 Å². The lowest BCUT2D eigenvalue weighted by molar-refractivity contribution is 0.243. The summed E-state index contributed by atoms with van der Waals surface area (Å²) in [6.45, 7) is 11.4. The molecule has 6 heteroatoms. The van der Waals surface area contributed by atoms with E-state index >= 15 is 0 Å². The van der Waals surface area contributed by atoms with Crippen LogP contribution in [0.5, 0.6) is 5.88 Å². The largest absolute Gasteiger partial charge is 0.478 e. The Morgan fingerprint density at radius 2 is 2.12 bits per heavy atom. The predicted molar refractivity (Wildman–Crippen MR) is 103 cm³/mol. The average molecular weight is 351 g/mol. The molecule has 0 fully saturated rings. The fourth-order valence-corrected chi connectivity index (χ4v) is 2.68. The number of nitrogens with one attached hydrogen (secondary N) is 2. The van der Waals surface area contributed by atoms with Gasteiger partial charge in [-0.2, -0.15) is 0 Å². The molecule has 1 heterocycles. The summed E-state index contributed by atoms with van der Waals surface area (Å²) in [6, 6.07) is 3.87. The minimum absolute atomic E-state index is 0.226. The first-order valence-corrected chi connectivity index (χ1v) is 9.29. The number of aromatic nitrogens is 1. The maximum atomic E-state index is 9.25. The van der Waals surface area contributed by atoms with Crippen molar-refractivity contribution in [3.8, 4) is 5.88 Å². The number of rotatable bonds is 11. The van der Waals surface area contributed by atoms with Crippen LogP contribution >= 0.6 is 0 Å². The summed E-state index contributed by atoms with van der Waals surface area (Å²) in [7, 11) is 0. The SMILES string of the molecule is CCNC(=NCc1ccnc(OCC)c1)NCC(CCO)CC(C)C. The molecule has 6 nitrogen and oxygen atoms in total. The fraction of sp³-hybridized carbons (Fsp3) is 0.684. The molecule has 0 saturated carbocycles. The Labute approximate surface area is 152 Å². The van der Waals surface area contributed by atoms with Crippen molar-refractivity contribution in [3.05, 3.63) is 23.9 Å². The first kappa shape index (κ1) is 21.2. The van der Waals surface area contributed by atoms with Gasteiger partial charge < -0.3 is 20.5 Å². The molecule has 1 atom stereocenters. The number of hydrogen-bond donors (Lipinski definition) is 3. The molecule has 0 aliphatic carbocycles. The standard InChI is InChI=1S/C19H34N4O2/c1-5-20-19(23-14-17(8-10-24)11-15(3)4)22-13-16-7-9-21-18(12-16)25-6-2/h7,9,12,15,17,24H,5-6,8,10-11,13-14H2,1-4H3,(H2,20,22,23). The smallest absolute Gasteiger partial charge is 0.213 e. The van der Waals surface area contributed by atoms with Crippen LogP contribution in [0.15, 0.2) is 23.3 Å². The Morgan fingerprint density at radius 1 is 1.32 bits per heavy atom. The van der Waals surface area contributed by atoms with E-state index in [9.17, 15) is 5.11 Å². The van der Waals surface area contributed by atoms with E-state index in [2.05, 4.69) is 41.4 Å². The molecule has 0 aliphatic rings. The summed E-state index contributed by atoms with van der Waals surface area (Å²) in [4.78, 5) is 8.82. The van der Waals surface area contributed by atoms with Gasteiger partial charge in [-0.15, -0.1) is 0 Å². The number of nitrogens with zero attached hydrogens (tertiary/aromatic N) is 2. The van der Waals surface area contributed by atoms with Crippen molar-refractivity contribution >= 4 is 5.96 Å². The summed E-state index contributed by atoms with van der Waals surface area (Å²) < 4.78 is 5.43. The average Bonchev–Trinajstić information content (AvgIpc) is 2.57. The number of hydrogen-bond acceptors (Lipinski definition) is 4. The third-order valence-corrected chi connectivity index (χ3v) is 3.76. The van der Waals surface area contributed by atoms with E-state index < -0.39 is 0 Å². The highest BCUT2D eigenvalue weighted by molar-refractivity contribution is 5.79. The predicted octanol–water partition coefficient (Wildman–Crippen LogP) is 2.58. The van der Waals surface area contributed by atoms with Crippen LogP contribution in [0, 0.1) is 11.8 Å². The van der Waals surface area contributed by atoms with Crippen LogP contribution in [-0.2, 0) is 6.54 Å². The van der Waals surface area contributed by atoms with Crippen molar-refractivity contribution in [3.63, 3.8) is 0 Å². The zero-order valence-corrected chi connectivity index (χ0v) is 16.1. The highest BCUT2D eigenvalue weighted by Crippen LogP contribution is 2.14. The number of guanidine groups is 1. The maximum Gasteiger partial charge on any atom is 0.213 e. The molecule has 1 unspecified atom stereocenters. The molecule has 1 aromatic rings. The first-order chi connectivity index (χ1) is 12.1. The number of aliphatic hydroxyl groups excluding tert-OH is 1. The highest BCUT2D eigenvalue weighted by atomic mass is 16.5. The molecule has 0 bridgehead atoms. The van der Waals surface area contributed by atoms with Crippen LogP contribution in [0.4, 0.5) is 0 Å². The van der Waals surface area contributed by atoms with Crippen molar-refractivity contribution in [2.75, 3.05) is 26.3 Å². The van der Waals surface area contributed by atoms with Crippen molar-refractivity contribution in [1.29, 1.82) is 0 Å². The number of aliphatic imine (C=N–C) groups is 1.